The van der Waals surface area contributed by atoms with E-state index in [0.717, 1.165) is 25.0 Å². The number of ether oxygens (including phenoxy) is 1. The van der Waals surface area contributed by atoms with E-state index in [1.807, 2.05) is 25.1 Å². The van der Waals surface area contributed by atoms with E-state index in [4.69, 9.17) is 10.5 Å². The molecule has 1 unspecified atom stereocenters. The summed E-state index contributed by atoms with van der Waals surface area (Å²) < 4.78 is 5.66. The van der Waals surface area contributed by atoms with Gasteiger partial charge in [0.05, 0.1) is 6.61 Å². The highest BCUT2D eigenvalue weighted by atomic mass is 16.5. The Morgan fingerprint density at radius 2 is 2.18 bits per heavy atom. The van der Waals surface area contributed by atoms with Crippen molar-refractivity contribution in [3.8, 4) is 5.75 Å². The summed E-state index contributed by atoms with van der Waals surface area (Å²) in [6.07, 6.45) is 2.89. The minimum atomic E-state index is 0.205. The lowest BCUT2D eigenvalue weighted by atomic mass is 10.1. The molecule has 0 aliphatic carbocycles. The number of benzene rings is 1. The van der Waals surface area contributed by atoms with Crippen molar-refractivity contribution < 1.29 is 4.74 Å². The highest BCUT2D eigenvalue weighted by Crippen LogP contribution is 2.13. The summed E-state index contributed by atoms with van der Waals surface area (Å²) in [4.78, 5) is 0. The monoisotopic (exact) mass is 233 g/mol. The van der Waals surface area contributed by atoms with Crippen LogP contribution in [0, 0.1) is 6.92 Å². The van der Waals surface area contributed by atoms with Crippen LogP contribution in [0.25, 0.3) is 0 Å². The molecule has 0 spiro atoms. The smallest absolute Gasteiger partial charge is 0.119 e. The van der Waals surface area contributed by atoms with Gasteiger partial charge in [0, 0.05) is 6.04 Å². The van der Waals surface area contributed by atoms with Crippen molar-refractivity contribution in [1.82, 2.24) is 0 Å². The lowest BCUT2D eigenvalue weighted by Gasteiger charge is -2.12. The highest BCUT2D eigenvalue weighted by Gasteiger charge is 2.03. The molecule has 0 aliphatic rings. The molecular formula is C15H23NO. The second kappa shape index (κ2) is 7.13. The van der Waals surface area contributed by atoms with Crippen LogP contribution in [0.4, 0.5) is 0 Å². The Bertz CT molecular complexity index is 360. The molecule has 1 aromatic carbocycles. The van der Waals surface area contributed by atoms with Gasteiger partial charge >= 0.3 is 0 Å². The Kier molecular flexibility index (Phi) is 5.78. The third-order valence-electron chi connectivity index (χ3n) is 2.69. The van der Waals surface area contributed by atoms with E-state index < -0.39 is 0 Å². The standard InChI is InChI=1S/C15H23NO/c1-12(2)7-8-14(16)9-10-17-15-6-4-5-13(3)11-15/h4-6,11,14H,1,7-10,16H2,2-3H3. The minimum absolute atomic E-state index is 0.205. The first kappa shape index (κ1) is 13.8. The molecule has 2 heteroatoms. The van der Waals surface area contributed by atoms with Crippen molar-refractivity contribution >= 4 is 0 Å². The van der Waals surface area contributed by atoms with Crippen molar-refractivity contribution in [2.75, 3.05) is 6.61 Å². The maximum atomic E-state index is 5.99. The van der Waals surface area contributed by atoms with Gasteiger partial charge in [-0.2, -0.15) is 0 Å². The Balaban J connectivity index is 2.21. The Hall–Kier alpha value is -1.28. The van der Waals surface area contributed by atoms with Crippen LogP contribution in [-0.2, 0) is 0 Å². The summed E-state index contributed by atoms with van der Waals surface area (Å²) in [6, 6.07) is 8.29. The fourth-order valence-electron chi connectivity index (χ4n) is 1.61. The zero-order chi connectivity index (χ0) is 12.7. The summed E-state index contributed by atoms with van der Waals surface area (Å²) >= 11 is 0. The molecule has 0 fully saturated rings. The number of hydrogen-bond acceptors (Lipinski definition) is 2. The third-order valence-corrected chi connectivity index (χ3v) is 2.69. The molecule has 0 saturated heterocycles. The van der Waals surface area contributed by atoms with Crippen LogP contribution in [0.5, 0.6) is 5.75 Å². The van der Waals surface area contributed by atoms with Crippen molar-refractivity contribution in [3.63, 3.8) is 0 Å². The second-order valence-electron chi connectivity index (χ2n) is 4.71. The van der Waals surface area contributed by atoms with E-state index in [0.29, 0.717) is 6.61 Å². The maximum absolute atomic E-state index is 5.99. The van der Waals surface area contributed by atoms with E-state index in [9.17, 15) is 0 Å². The first-order valence-corrected chi connectivity index (χ1v) is 6.17. The predicted octanol–water partition coefficient (Wildman–Crippen LogP) is 3.45. The van der Waals surface area contributed by atoms with Gasteiger partial charge in [-0.25, -0.2) is 0 Å². The van der Waals surface area contributed by atoms with Crippen molar-refractivity contribution in [2.45, 2.75) is 39.2 Å². The van der Waals surface area contributed by atoms with Gasteiger partial charge < -0.3 is 10.5 Å². The molecule has 0 heterocycles. The van der Waals surface area contributed by atoms with Gasteiger partial charge in [-0.15, -0.1) is 6.58 Å². The predicted molar refractivity (Wildman–Crippen MR) is 73.3 cm³/mol. The molecule has 1 aromatic rings. The minimum Gasteiger partial charge on any atom is -0.494 e. The average Bonchev–Trinajstić information content (AvgIpc) is 2.26. The van der Waals surface area contributed by atoms with Crippen LogP contribution in [0.1, 0.15) is 31.7 Å². The summed E-state index contributed by atoms with van der Waals surface area (Å²) in [6.45, 7) is 8.66. The van der Waals surface area contributed by atoms with Crippen LogP contribution in [-0.4, -0.2) is 12.6 Å². The number of nitrogens with two attached hydrogens (primary N) is 1. The van der Waals surface area contributed by atoms with E-state index in [1.165, 1.54) is 11.1 Å². The Labute approximate surface area is 104 Å². The van der Waals surface area contributed by atoms with Crippen molar-refractivity contribution in [2.24, 2.45) is 5.73 Å². The first-order valence-electron chi connectivity index (χ1n) is 6.17. The summed E-state index contributed by atoms with van der Waals surface area (Å²) in [5.41, 5.74) is 8.41. The zero-order valence-electron chi connectivity index (χ0n) is 10.9. The molecule has 1 atom stereocenters. The highest BCUT2D eigenvalue weighted by molar-refractivity contribution is 5.27. The third kappa shape index (κ3) is 6.12. The van der Waals surface area contributed by atoms with Crippen LogP contribution < -0.4 is 10.5 Å². The van der Waals surface area contributed by atoms with Gasteiger partial charge in [0.25, 0.3) is 0 Å². The molecule has 0 radical (unpaired) electrons. The topological polar surface area (TPSA) is 35.2 Å². The zero-order valence-corrected chi connectivity index (χ0v) is 10.9. The molecule has 0 bridgehead atoms. The van der Waals surface area contributed by atoms with Gasteiger partial charge in [-0.3, -0.25) is 0 Å². The quantitative estimate of drug-likeness (QED) is 0.732. The number of allylic oxidation sites excluding steroid dienone is 1. The Morgan fingerprint density at radius 1 is 1.41 bits per heavy atom. The summed E-state index contributed by atoms with van der Waals surface area (Å²) in [5.74, 6) is 0.928. The largest absolute Gasteiger partial charge is 0.494 e. The molecule has 0 aliphatic heterocycles. The van der Waals surface area contributed by atoms with E-state index in [-0.39, 0.29) is 6.04 Å². The van der Waals surface area contributed by atoms with Crippen molar-refractivity contribution in [3.05, 3.63) is 42.0 Å². The Morgan fingerprint density at radius 3 is 2.82 bits per heavy atom. The van der Waals surface area contributed by atoms with E-state index in [2.05, 4.69) is 19.6 Å². The van der Waals surface area contributed by atoms with Crippen LogP contribution >= 0.6 is 0 Å². The molecule has 94 valence electrons. The molecule has 1 rings (SSSR count). The molecule has 2 N–H and O–H groups in total. The fourth-order valence-corrected chi connectivity index (χ4v) is 1.61. The van der Waals surface area contributed by atoms with Gasteiger partial charge in [-0.05, 0) is 50.8 Å². The van der Waals surface area contributed by atoms with Gasteiger partial charge in [0.1, 0.15) is 5.75 Å². The van der Waals surface area contributed by atoms with Crippen LogP contribution in [0.3, 0.4) is 0 Å². The molecule has 17 heavy (non-hydrogen) atoms. The first-order chi connectivity index (χ1) is 8.08. The average molecular weight is 233 g/mol. The SMILES string of the molecule is C=C(C)CCC(N)CCOc1cccc(C)c1. The van der Waals surface area contributed by atoms with Crippen LogP contribution in [0.15, 0.2) is 36.4 Å². The molecule has 2 nitrogen and oxygen atoms in total. The molecule has 0 aromatic heterocycles. The lowest BCUT2D eigenvalue weighted by molar-refractivity contribution is 0.294. The normalized spacial score (nSPS) is 12.2. The van der Waals surface area contributed by atoms with Gasteiger partial charge in [0.2, 0.25) is 0 Å². The lowest BCUT2D eigenvalue weighted by Crippen LogP contribution is -2.22. The molecule has 0 amide bonds. The van der Waals surface area contributed by atoms with Gasteiger partial charge in [-0.1, -0.05) is 17.7 Å². The fraction of sp³-hybridized carbons (Fsp3) is 0.467. The van der Waals surface area contributed by atoms with E-state index >= 15 is 0 Å². The summed E-state index contributed by atoms with van der Waals surface area (Å²) in [5, 5.41) is 0. The van der Waals surface area contributed by atoms with Crippen molar-refractivity contribution in [1.29, 1.82) is 0 Å². The number of hydrogen-bond donors (Lipinski definition) is 1. The number of rotatable bonds is 7. The summed E-state index contributed by atoms with van der Waals surface area (Å²) in [7, 11) is 0. The molecule has 0 saturated carbocycles. The molecular weight excluding hydrogens is 210 g/mol. The van der Waals surface area contributed by atoms with Crippen LogP contribution in [0.2, 0.25) is 0 Å². The van der Waals surface area contributed by atoms with Gasteiger partial charge in [0.15, 0.2) is 0 Å². The maximum Gasteiger partial charge on any atom is 0.119 e. The number of aryl methyl sites for hydroxylation is 1. The second-order valence-corrected chi connectivity index (χ2v) is 4.71. The van der Waals surface area contributed by atoms with E-state index in [1.54, 1.807) is 0 Å².